The Labute approximate surface area is 231 Å². The monoisotopic (exact) mass is 538 g/mol. The smallest absolute Gasteiger partial charge is 0.240 e. The summed E-state index contributed by atoms with van der Waals surface area (Å²) in [6.45, 7) is 11.6. The molecule has 212 valence electrons. The first kappa shape index (κ1) is 31.1. The third-order valence-corrected chi connectivity index (χ3v) is 6.38. The molecule has 39 heavy (non-hydrogen) atoms. The number of hydrazone groups is 2. The summed E-state index contributed by atoms with van der Waals surface area (Å²) in [5.74, 6) is -0.257. The van der Waals surface area contributed by atoms with Crippen LogP contribution >= 0.6 is 0 Å². The third kappa shape index (κ3) is 10.3. The normalized spacial score (nSPS) is 11.2. The van der Waals surface area contributed by atoms with Crippen LogP contribution < -0.4 is 20.7 Å². The van der Waals surface area contributed by atoms with Crippen LogP contribution in [0.5, 0.6) is 11.5 Å². The molecule has 2 aromatic rings. The number of phenols is 2. The second-order valence-electron chi connectivity index (χ2n) is 8.98. The van der Waals surface area contributed by atoms with Crippen molar-refractivity contribution in [2.45, 2.75) is 59.8 Å². The van der Waals surface area contributed by atoms with Gasteiger partial charge in [0, 0.05) is 73.7 Å². The molecule has 0 aromatic heterocycles. The number of carbonyl (C=O) groups excluding carboxylic acids is 2. The van der Waals surface area contributed by atoms with Crippen LogP contribution in [0.4, 0.5) is 11.4 Å². The Morgan fingerprint density at radius 3 is 1.41 bits per heavy atom. The second kappa shape index (κ2) is 16.7. The fraction of sp³-hybridized carbons (Fsp3) is 0.448. The minimum atomic E-state index is -0.230. The summed E-state index contributed by atoms with van der Waals surface area (Å²) in [4.78, 5) is 28.3. The van der Waals surface area contributed by atoms with E-state index in [1.165, 1.54) is 12.4 Å². The van der Waals surface area contributed by atoms with Crippen LogP contribution in [0.25, 0.3) is 0 Å². The first-order chi connectivity index (χ1) is 18.8. The van der Waals surface area contributed by atoms with E-state index in [1.807, 2.05) is 12.1 Å². The van der Waals surface area contributed by atoms with Crippen LogP contribution in [0.15, 0.2) is 46.6 Å². The maximum atomic E-state index is 12.0. The Morgan fingerprint density at radius 1 is 0.692 bits per heavy atom. The van der Waals surface area contributed by atoms with Gasteiger partial charge < -0.3 is 20.0 Å². The quantitative estimate of drug-likeness (QED) is 0.143. The number of carbonyl (C=O) groups is 2. The SMILES string of the molecule is CCN(CC)c1ccc(C=NNC(=O)CCCCCC(=O)NN=Cc2ccc(N(CC)CC)cc2O)c(O)c1. The van der Waals surface area contributed by atoms with Crippen molar-refractivity contribution in [3.63, 3.8) is 0 Å². The van der Waals surface area contributed by atoms with Crippen LogP contribution in [-0.2, 0) is 9.59 Å². The predicted molar refractivity (Wildman–Crippen MR) is 158 cm³/mol. The Morgan fingerprint density at radius 2 is 1.08 bits per heavy atom. The summed E-state index contributed by atoms with van der Waals surface area (Å²) < 4.78 is 0. The molecule has 0 heterocycles. The number of nitrogens with zero attached hydrogens (tertiary/aromatic N) is 4. The number of benzene rings is 2. The van der Waals surface area contributed by atoms with Crippen molar-refractivity contribution in [3.8, 4) is 11.5 Å². The summed E-state index contributed by atoms with van der Waals surface area (Å²) in [5.41, 5.74) is 7.84. The molecule has 0 unspecified atom stereocenters. The fourth-order valence-electron chi connectivity index (χ4n) is 4.06. The van der Waals surface area contributed by atoms with Crippen LogP contribution in [0.3, 0.4) is 0 Å². The first-order valence-electron chi connectivity index (χ1n) is 13.6. The van der Waals surface area contributed by atoms with E-state index in [2.05, 4.69) is 58.5 Å². The van der Waals surface area contributed by atoms with Gasteiger partial charge in [0.2, 0.25) is 11.8 Å². The summed E-state index contributed by atoms with van der Waals surface area (Å²) in [5, 5.41) is 28.3. The molecule has 0 aliphatic rings. The summed E-state index contributed by atoms with van der Waals surface area (Å²) in [6, 6.07) is 10.7. The van der Waals surface area contributed by atoms with Crippen molar-refractivity contribution in [2.75, 3.05) is 36.0 Å². The Hall–Kier alpha value is -4.08. The molecule has 0 saturated heterocycles. The van der Waals surface area contributed by atoms with Gasteiger partial charge in [0.25, 0.3) is 0 Å². The molecule has 0 saturated carbocycles. The van der Waals surface area contributed by atoms with Crippen molar-refractivity contribution < 1.29 is 19.8 Å². The highest BCUT2D eigenvalue weighted by atomic mass is 16.3. The molecule has 10 nitrogen and oxygen atoms in total. The largest absolute Gasteiger partial charge is 0.507 e. The zero-order valence-electron chi connectivity index (χ0n) is 23.5. The molecule has 0 aliphatic carbocycles. The molecule has 2 aromatic carbocycles. The van der Waals surface area contributed by atoms with Gasteiger partial charge in [0.05, 0.1) is 12.4 Å². The maximum absolute atomic E-state index is 12.0. The summed E-state index contributed by atoms with van der Waals surface area (Å²) in [7, 11) is 0. The van der Waals surface area contributed by atoms with E-state index < -0.39 is 0 Å². The molecule has 0 bridgehead atoms. The average Bonchev–Trinajstić information content (AvgIpc) is 2.92. The lowest BCUT2D eigenvalue weighted by Gasteiger charge is -2.21. The van der Waals surface area contributed by atoms with Gasteiger partial charge in [-0.3, -0.25) is 9.59 Å². The van der Waals surface area contributed by atoms with E-state index in [-0.39, 0.29) is 36.2 Å². The van der Waals surface area contributed by atoms with E-state index >= 15 is 0 Å². The van der Waals surface area contributed by atoms with Crippen molar-refractivity contribution in [1.29, 1.82) is 0 Å². The standard InChI is InChI=1S/C29H42N6O4/c1-5-34(6-2)24-16-14-22(26(36)18-24)20-30-32-28(38)12-10-9-11-13-29(39)33-31-21-23-15-17-25(19-27(23)37)35(7-3)8-4/h14-21,36-37H,5-13H2,1-4H3,(H,32,38)(H,33,39). The van der Waals surface area contributed by atoms with Gasteiger partial charge in [-0.05, 0) is 64.8 Å². The Balaban J connectivity index is 1.65. The average molecular weight is 539 g/mol. The molecule has 10 heteroatoms. The van der Waals surface area contributed by atoms with Crippen molar-refractivity contribution in [2.24, 2.45) is 10.2 Å². The minimum absolute atomic E-state index is 0.102. The van der Waals surface area contributed by atoms with E-state index in [0.717, 1.165) is 37.6 Å². The molecule has 4 N–H and O–H groups in total. The molecule has 0 aliphatic heterocycles. The zero-order valence-corrected chi connectivity index (χ0v) is 23.5. The van der Waals surface area contributed by atoms with Gasteiger partial charge in [0.1, 0.15) is 11.5 Å². The summed E-state index contributed by atoms with van der Waals surface area (Å²) in [6.07, 6.45) is 5.35. The number of hydrogen-bond acceptors (Lipinski definition) is 8. The van der Waals surface area contributed by atoms with Crippen LogP contribution in [-0.4, -0.2) is 60.6 Å². The van der Waals surface area contributed by atoms with Crippen molar-refractivity contribution in [1.82, 2.24) is 10.9 Å². The number of nitrogens with one attached hydrogen (secondary N) is 2. The van der Waals surface area contributed by atoms with Crippen molar-refractivity contribution in [3.05, 3.63) is 47.5 Å². The number of anilines is 2. The van der Waals surface area contributed by atoms with Crippen LogP contribution in [0.1, 0.15) is 70.9 Å². The predicted octanol–water partition coefficient (Wildman–Crippen LogP) is 4.34. The number of unbranched alkanes of at least 4 members (excludes halogenated alkanes) is 2. The Bertz CT molecular complexity index is 1040. The van der Waals surface area contributed by atoms with Gasteiger partial charge in [-0.25, -0.2) is 10.9 Å². The highest BCUT2D eigenvalue weighted by Crippen LogP contribution is 2.24. The molecular weight excluding hydrogens is 496 g/mol. The third-order valence-electron chi connectivity index (χ3n) is 6.38. The topological polar surface area (TPSA) is 130 Å². The first-order valence-corrected chi connectivity index (χ1v) is 13.6. The van der Waals surface area contributed by atoms with E-state index in [4.69, 9.17) is 0 Å². The highest BCUT2D eigenvalue weighted by Gasteiger charge is 2.08. The number of rotatable bonds is 16. The van der Waals surface area contributed by atoms with E-state index in [0.29, 0.717) is 30.4 Å². The number of amides is 2. The van der Waals surface area contributed by atoms with Crippen molar-refractivity contribution >= 4 is 35.6 Å². The molecule has 2 amide bonds. The maximum Gasteiger partial charge on any atom is 0.240 e. The van der Waals surface area contributed by atoms with E-state index in [9.17, 15) is 19.8 Å². The summed E-state index contributed by atoms with van der Waals surface area (Å²) >= 11 is 0. The molecule has 0 fully saturated rings. The molecule has 0 atom stereocenters. The lowest BCUT2D eigenvalue weighted by atomic mass is 10.1. The molecule has 2 rings (SSSR count). The zero-order chi connectivity index (χ0) is 28.6. The van der Waals surface area contributed by atoms with Gasteiger partial charge in [0.15, 0.2) is 0 Å². The lowest BCUT2D eigenvalue weighted by Crippen LogP contribution is -2.21. The van der Waals surface area contributed by atoms with Gasteiger partial charge in [-0.2, -0.15) is 10.2 Å². The van der Waals surface area contributed by atoms with Gasteiger partial charge >= 0.3 is 0 Å². The number of hydrogen-bond donors (Lipinski definition) is 4. The number of aromatic hydroxyl groups is 2. The van der Waals surface area contributed by atoms with Crippen LogP contribution in [0.2, 0.25) is 0 Å². The number of phenolic OH excluding ortho intramolecular Hbond substituents is 2. The molecule has 0 radical (unpaired) electrons. The fourth-order valence-corrected chi connectivity index (χ4v) is 4.06. The highest BCUT2D eigenvalue weighted by molar-refractivity contribution is 5.87. The lowest BCUT2D eigenvalue weighted by molar-refractivity contribution is -0.121. The minimum Gasteiger partial charge on any atom is -0.507 e. The van der Waals surface area contributed by atoms with Gasteiger partial charge in [-0.1, -0.05) is 6.42 Å². The molecule has 0 spiro atoms. The molecular formula is C29H42N6O4. The van der Waals surface area contributed by atoms with Gasteiger partial charge in [-0.15, -0.1) is 0 Å². The Kier molecular flexibility index (Phi) is 13.3. The van der Waals surface area contributed by atoms with E-state index in [1.54, 1.807) is 24.3 Å². The van der Waals surface area contributed by atoms with Crippen LogP contribution in [0, 0.1) is 0 Å². The second-order valence-corrected chi connectivity index (χ2v) is 8.98.